The summed E-state index contributed by atoms with van der Waals surface area (Å²) >= 11 is 12.2. The van der Waals surface area contributed by atoms with Crippen molar-refractivity contribution >= 4 is 40.6 Å². The molecule has 0 atom stereocenters. The number of nitrogens with zero attached hydrogens (tertiary/aromatic N) is 3. The normalized spacial score (nSPS) is 14.7. The molecule has 0 aliphatic carbocycles. The number of likely N-dealkylation sites (tertiary alicyclic amines) is 1. The fraction of sp³-hybridized carbons (Fsp3) is 0.312. The number of hydrogen-bond donors (Lipinski definition) is 1. The Balaban J connectivity index is 1.14. The molecule has 2 heterocycles. The van der Waals surface area contributed by atoms with Gasteiger partial charge >= 0.3 is 0 Å². The number of carbonyl (C=O) groups excluding carboxylic acids is 2. The summed E-state index contributed by atoms with van der Waals surface area (Å²) in [6, 6.07) is 20.0. The number of rotatable bonds is 7. The Morgan fingerprint density at radius 1 is 0.976 bits per heavy atom. The van der Waals surface area contributed by atoms with Crippen molar-refractivity contribution in [3.8, 4) is 11.4 Å². The van der Waals surface area contributed by atoms with E-state index in [-0.39, 0.29) is 23.0 Å². The van der Waals surface area contributed by atoms with E-state index < -0.39 is 0 Å². The smallest absolute Gasteiger partial charge is 0.241 e. The second kappa shape index (κ2) is 12.1. The molecule has 1 aliphatic heterocycles. The zero-order valence-corrected chi connectivity index (χ0v) is 24.8. The van der Waals surface area contributed by atoms with Crippen molar-refractivity contribution in [3.63, 3.8) is 0 Å². The van der Waals surface area contributed by atoms with Crippen molar-refractivity contribution in [1.82, 2.24) is 15.0 Å². The topological polar surface area (TPSA) is 88.3 Å². The van der Waals surface area contributed by atoms with Gasteiger partial charge in [0.2, 0.25) is 17.6 Å². The van der Waals surface area contributed by atoms with Crippen molar-refractivity contribution in [2.75, 3.05) is 18.4 Å². The molecule has 0 radical (unpaired) electrons. The molecule has 0 spiro atoms. The number of anilines is 1. The first-order valence-corrected chi connectivity index (χ1v) is 14.4. The number of hydrogen-bond acceptors (Lipinski definition) is 6. The Morgan fingerprint density at radius 2 is 1.71 bits per heavy atom. The Bertz CT molecular complexity index is 1550. The van der Waals surface area contributed by atoms with Crippen LogP contribution in [0.3, 0.4) is 0 Å². The molecule has 1 N–H and O–H groups in total. The Kier molecular flexibility index (Phi) is 8.59. The van der Waals surface area contributed by atoms with E-state index in [1.807, 2.05) is 30.3 Å². The highest BCUT2D eigenvalue weighted by molar-refractivity contribution is 6.36. The van der Waals surface area contributed by atoms with Crippen LogP contribution in [0.1, 0.15) is 61.0 Å². The van der Waals surface area contributed by atoms with Crippen LogP contribution in [0.25, 0.3) is 11.4 Å². The summed E-state index contributed by atoms with van der Waals surface area (Å²) in [5.41, 5.74) is 3.63. The number of benzene rings is 3. The third kappa shape index (κ3) is 7.04. The lowest BCUT2D eigenvalue weighted by Gasteiger charge is -2.30. The van der Waals surface area contributed by atoms with E-state index in [9.17, 15) is 9.59 Å². The molecule has 1 amide bonds. The van der Waals surface area contributed by atoms with Gasteiger partial charge in [-0.3, -0.25) is 14.5 Å². The van der Waals surface area contributed by atoms with Crippen molar-refractivity contribution < 1.29 is 14.1 Å². The average molecular weight is 592 g/mol. The lowest BCUT2D eigenvalue weighted by atomic mass is 9.86. The molecule has 0 unspecified atom stereocenters. The first-order valence-electron chi connectivity index (χ1n) is 13.6. The standard InChI is InChI=1S/C32H32Cl2N4O3/c1-32(2,3)23-9-7-20(8-10-23)29(39)22-5-4-6-25(17-22)35-31(40)21-13-15-38(16-14-21)19-28-36-30(37-41-28)26-12-11-24(33)18-27(26)34/h4-12,17-18,21H,13-16,19H2,1-3H3,(H,35,40). The van der Waals surface area contributed by atoms with Crippen LogP contribution in [0, 0.1) is 5.92 Å². The Morgan fingerprint density at radius 3 is 2.39 bits per heavy atom. The fourth-order valence-corrected chi connectivity index (χ4v) is 5.41. The van der Waals surface area contributed by atoms with Crippen LogP contribution in [-0.4, -0.2) is 39.8 Å². The predicted molar refractivity (Wildman–Crippen MR) is 161 cm³/mol. The molecule has 4 aromatic rings. The third-order valence-corrected chi connectivity index (χ3v) is 7.91. The SMILES string of the molecule is CC(C)(C)c1ccc(C(=O)c2cccc(NC(=O)C3CCN(Cc4nc(-c5ccc(Cl)cc5Cl)no4)CC3)c2)cc1. The van der Waals surface area contributed by atoms with Gasteiger partial charge in [-0.25, -0.2) is 0 Å². The molecule has 1 saturated heterocycles. The molecule has 1 aromatic heterocycles. The van der Waals surface area contributed by atoms with Crippen molar-refractivity contribution in [1.29, 1.82) is 0 Å². The highest BCUT2D eigenvalue weighted by Crippen LogP contribution is 2.29. The van der Waals surface area contributed by atoms with E-state index in [2.05, 4.69) is 41.1 Å². The van der Waals surface area contributed by atoms with Gasteiger partial charge in [0.05, 0.1) is 11.6 Å². The van der Waals surface area contributed by atoms with Gasteiger partial charge < -0.3 is 9.84 Å². The van der Waals surface area contributed by atoms with E-state index in [1.54, 1.807) is 36.4 Å². The average Bonchev–Trinajstić information content (AvgIpc) is 3.40. The molecule has 7 nitrogen and oxygen atoms in total. The minimum atomic E-state index is -0.123. The van der Waals surface area contributed by atoms with Crippen LogP contribution >= 0.6 is 23.2 Å². The summed E-state index contributed by atoms with van der Waals surface area (Å²) in [4.78, 5) is 32.8. The molecular formula is C32H32Cl2N4O3. The van der Waals surface area contributed by atoms with E-state index in [1.165, 1.54) is 5.56 Å². The second-order valence-corrected chi connectivity index (χ2v) is 12.3. The summed E-state index contributed by atoms with van der Waals surface area (Å²) in [6.07, 6.45) is 1.41. The first-order chi connectivity index (χ1) is 19.6. The fourth-order valence-electron chi connectivity index (χ4n) is 4.91. The molecule has 212 valence electrons. The predicted octanol–water partition coefficient (Wildman–Crippen LogP) is 7.42. The molecular weight excluding hydrogens is 559 g/mol. The number of ketones is 1. The van der Waals surface area contributed by atoms with Gasteiger partial charge in [-0.05, 0) is 67.2 Å². The second-order valence-electron chi connectivity index (χ2n) is 11.4. The van der Waals surface area contributed by atoms with Gasteiger partial charge in [-0.2, -0.15) is 4.98 Å². The van der Waals surface area contributed by atoms with Gasteiger partial charge in [0.15, 0.2) is 5.78 Å². The molecule has 1 aliphatic rings. The number of nitrogens with one attached hydrogen (secondary N) is 1. The van der Waals surface area contributed by atoms with Crippen LogP contribution in [0.4, 0.5) is 5.69 Å². The van der Waals surface area contributed by atoms with E-state index in [4.69, 9.17) is 27.7 Å². The van der Waals surface area contributed by atoms with E-state index in [0.29, 0.717) is 63.5 Å². The zero-order valence-electron chi connectivity index (χ0n) is 23.3. The largest absolute Gasteiger partial charge is 0.338 e. The van der Waals surface area contributed by atoms with Crippen molar-refractivity contribution in [2.24, 2.45) is 5.92 Å². The monoisotopic (exact) mass is 590 g/mol. The third-order valence-electron chi connectivity index (χ3n) is 7.36. The molecule has 5 rings (SSSR count). The molecule has 3 aromatic carbocycles. The number of carbonyl (C=O) groups is 2. The van der Waals surface area contributed by atoms with Gasteiger partial charge in [-0.15, -0.1) is 0 Å². The summed E-state index contributed by atoms with van der Waals surface area (Å²) in [5, 5.41) is 8.07. The summed E-state index contributed by atoms with van der Waals surface area (Å²) in [5.74, 6) is 0.669. The van der Waals surface area contributed by atoms with Crippen molar-refractivity contribution in [2.45, 2.75) is 45.6 Å². The summed E-state index contributed by atoms with van der Waals surface area (Å²) in [6.45, 7) is 8.36. The molecule has 0 saturated carbocycles. The molecule has 41 heavy (non-hydrogen) atoms. The quantitative estimate of drug-likeness (QED) is 0.225. The maximum Gasteiger partial charge on any atom is 0.241 e. The van der Waals surface area contributed by atoms with Crippen LogP contribution in [0.5, 0.6) is 0 Å². The maximum absolute atomic E-state index is 13.1. The van der Waals surface area contributed by atoms with E-state index in [0.717, 1.165) is 13.1 Å². The lowest BCUT2D eigenvalue weighted by molar-refractivity contribution is -0.121. The first kappa shape index (κ1) is 29.0. The Labute approximate surface area is 249 Å². The molecule has 9 heteroatoms. The number of piperidine rings is 1. The van der Waals surface area contributed by atoms with Crippen LogP contribution in [0.2, 0.25) is 10.0 Å². The highest BCUT2D eigenvalue weighted by Gasteiger charge is 2.26. The van der Waals surface area contributed by atoms with Gasteiger partial charge in [0.25, 0.3) is 0 Å². The van der Waals surface area contributed by atoms with Crippen LogP contribution in [0.15, 0.2) is 71.3 Å². The van der Waals surface area contributed by atoms with Crippen LogP contribution in [-0.2, 0) is 16.8 Å². The maximum atomic E-state index is 13.1. The molecule has 1 fully saturated rings. The number of halogens is 2. The number of amides is 1. The van der Waals surface area contributed by atoms with Gasteiger partial charge in [0.1, 0.15) is 0 Å². The highest BCUT2D eigenvalue weighted by atomic mass is 35.5. The minimum Gasteiger partial charge on any atom is -0.338 e. The van der Waals surface area contributed by atoms with Gasteiger partial charge in [-0.1, -0.05) is 85.5 Å². The zero-order chi connectivity index (χ0) is 29.1. The molecule has 0 bridgehead atoms. The summed E-state index contributed by atoms with van der Waals surface area (Å²) < 4.78 is 5.44. The minimum absolute atomic E-state index is 0.0190. The Hall–Kier alpha value is -3.52. The van der Waals surface area contributed by atoms with E-state index >= 15 is 0 Å². The van der Waals surface area contributed by atoms with Crippen molar-refractivity contribution in [3.05, 3.63) is 99.4 Å². The summed E-state index contributed by atoms with van der Waals surface area (Å²) in [7, 11) is 0. The number of aromatic nitrogens is 2. The van der Waals surface area contributed by atoms with Crippen LogP contribution < -0.4 is 5.32 Å². The lowest BCUT2D eigenvalue weighted by Crippen LogP contribution is -2.37. The van der Waals surface area contributed by atoms with Gasteiger partial charge in [0, 0.05) is 33.3 Å².